The number of hydrogen-bond acceptors (Lipinski definition) is 16. The van der Waals surface area contributed by atoms with Gasteiger partial charge in [0.25, 0.3) is 0 Å². The molecule has 9 amide bonds. The summed E-state index contributed by atoms with van der Waals surface area (Å²) in [5.74, 6) is -7.18. The summed E-state index contributed by atoms with van der Waals surface area (Å²) in [7, 11) is 0. The number of para-hydroxylation sites is 1. The predicted octanol–water partition coefficient (Wildman–Crippen LogP) is -4.96. The van der Waals surface area contributed by atoms with E-state index in [9.17, 15) is 43.2 Å². The zero-order valence-electron chi connectivity index (χ0n) is 45.8. The van der Waals surface area contributed by atoms with E-state index in [-0.39, 0.29) is 89.3 Å². The molecule has 30 heteroatoms. The number of H-pyrrole nitrogens is 1. The minimum Gasteiger partial charge on any atom is -0.370 e. The second kappa shape index (κ2) is 38.3. The fourth-order valence-corrected chi connectivity index (χ4v) is 8.77. The highest BCUT2D eigenvalue weighted by Crippen LogP contribution is 2.20. The van der Waals surface area contributed by atoms with Crippen LogP contribution in [0.5, 0.6) is 0 Å². The van der Waals surface area contributed by atoms with Crippen molar-refractivity contribution in [3.63, 3.8) is 0 Å². The molecule has 0 aliphatic carbocycles. The smallest absolute Gasteiger partial charge is 0.243 e. The third-order valence-electron chi connectivity index (χ3n) is 12.7. The van der Waals surface area contributed by atoms with Crippen molar-refractivity contribution in [1.82, 2.24) is 42.2 Å². The van der Waals surface area contributed by atoms with Gasteiger partial charge >= 0.3 is 0 Å². The molecule has 1 aromatic carbocycles. The minimum atomic E-state index is -1.40. The second-order valence-corrected chi connectivity index (χ2v) is 20.2. The van der Waals surface area contributed by atoms with Crippen molar-refractivity contribution in [2.75, 3.05) is 44.7 Å². The average molecular weight is 1150 g/mol. The molecule has 0 aliphatic rings. The van der Waals surface area contributed by atoms with Gasteiger partial charge in [-0.3, -0.25) is 53.1 Å². The Labute approximate surface area is 470 Å². The fraction of sp³-hybridized carbons (Fsp3) is 0.620. The van der Waals surface area contributed by atoms with Crippen LogP contribution >= 0.6 is 11.8 Å². The molecular formula is C50H88N20O9S. The van der Waals surface area contributed by atoms with Crippen molar-refractivity contribution in [2.45, 2.75) is 151 Å². The number of primary amides is 2. The third kappa shape index (κ3) is 26.6. The van der Waals surface area contributed by atoms with Gasteiger partial charge in [-0.1, -0.05) is 18.2 Å². The highest BCUT2D eigenvalue weighted by molar-refractivity contribution is 7.98. The first-order chi connectivity index (χ1) is 38.1. The molecule has 0 saturated heterocycles. The number of hydrogen-bond donors (Lipinski definition) is 18. The summed E-state index contributed by atoms with van der Waals surface area (Å²) in [5.41, 5.74) is 57.4. The first-order valence-electron chi connectivity index (χ1n) is 26.9. The number of benzene rings is 1. The maximum atomic E-state index is 14.7. The average Bonchev–Trinajstić information content (AvgIpc) is 3.82. The Morgan fingerprint density at radius 1 is 0.500 bits per heavy atom. The SMILES string of the molecule is CSCC[C@H](NC(=O)[C@H](CCCN=C(N)N)NC(=O)[C@H](CCCN=C(N)N)NC(=O)[C@@H](N)CC(N)=O)C(=O)N[C@@H](CCCCN)C(=O)N[C@@H](Cc1c[nH]c2ccccc12)C(=O)N[C@@H](CCCCN)C(=O)N[C@@H](CCCCN)C(N)=O. The molecule has 0 aliphatic heterocycles. The normalized spacial score (nSPS) is 14.1. The summed E-state index contributed by atoms with van der Waals surface area (Å²) in [6.07, 6.45) is 6.40. The molecular weight excluding hydrogens is 1060 g/mol. The zero-order valence-corrected chi connectivity index (χ0v) is 46.6. The number of amides is 9. The van der Waals surface area contributed by atoms with Crippen LogP contribution in [0.1, 0.15) is 102 Å². The Balaban J connectivity index is 2.57. The Morgan fingerprint density at radius 3 is 1.29 bits per heavy atom. The van der Waals surface area contributed by atoms with Crippen molar-refractivity contribution in [2.24, 2.45) is 67.3 Å². The van der Waals surface area contributed by atoms with Crippen LogP contribution in [0.15, 0.2) is 40.4 Å². The van der Waals surface area contributed by atoms with Crippen LogP contribution in [-0.2, 0) is 49.6 Å². The molecule has 2 rings (SSSR count). The van der Waals surface area contributed by atoms with Gasteiger partial charge in [-0.25, -0.2) is 0 Å². The van der Waals surface area contributed by atoms with Crippen molar-refractivity contribution >= 4 is 87.7 Å². The minimum absolute atomic E-state index is 0.0467. The molecule has 0 fully saturated rings. The lowest BCUT2D eigenvalue weighted by Crippen LogP contribution is -2.60. The number of nitrogens with two attached hydrogens (primary N) is 10. The number of aromatic nitrogens is 1. The predicted molar refractivity (Wildman–Crippen MR) is 308 cm³/mol. The Hall–Kier alpha value is -7.28. The van der Waals surface area contributed by atoms with Crippen molar-refractivity contribution in [3.8, 4) is 0 Å². The van der Waals surface area contributed by atoms with Crippen molar-refractivity contribution < 1.29 is 43.2 Å². The Kier molecular flexibility index (Phi) is 33.0. The number of unbranched alkanes of at least 4 members (excludes halogenated alkanes) is 3. The second-order valence-electron chi connectivity index (χ2n) is 19.2. The van der Waals surface area contributed by atoms with Crippen LogP contribution in [-0.4, -0.2) is 163 Å². The van der Waals surface area contributed by atoms with Crippen LogP contribution in [0.3, 0.4) is 0 Å². The van der Waals surface area contributed by atoms with E-state index in [1.54, 1.807) is 12.5 Å². The summed E-state index contributed by atoms with van der Waals surface area (Å²) < 4.78 is 0. The monoisotopic (exact) mass is 1140 g/mol. The Bertz CT molecular complexity index is 2360. The van der Waals surface area contributed by atoms with Crippen LogP contribution < -0.4 is 94.6 Å². The number of nitrogens with zero attached hydrogens (tertiary/aromatic N) is 2. The van der Waals surface area contributed by atoms with Gasteiger partial charge in [-0.05, 0) is 133 Å². The first kappa shape index (κ1) is 68.8. The Morgan fingerprint density at radius 2 is 0.875 bits per heavy atom. The molecule has 80 heavy (non-hydrogen) atoms. The standard InChI is InChI=1S/C50H88N20O9S/c1-80-25-19-38(69-45(76)37(18-11-24-62-50(59)60)67-44(75)36(17-10-23-61-49(57)58)65-42(73)31(54)27-40(55)71)47(78)66-35(16-6-9-22-53)46(77)70-39(26-29-28-63-32-13-3-2-12-30(29)32)48(79)68-34(15-5-8-21-52)43(74)64-33(41(56)72)14-4-7-20-51/h2-3,12-13,28,31,33-39,63H,4-11,14-27,51-54H2,1H3,(H2,55,71)(H2,56,72)(H,64,74)(H,65,73)(H,66,78)(H,67,75)(H,68,79)(H,69,76)(H,70,77)(H4,57,58,61)(H4,59,60,62)/t31-,33-,34-,35-,36-,37-,38-,39-/m0/s1. The summed E-state index contributed by atoms with van der Waals surface area (Å²) in [5, 5.41) is 19.7. The molecule has 0 unspecified atom stereocenters. The molecule has 448 valence electrons. The van der Waals surface area contributed by atoms with E-state index in [1.165, 1.54) is 11.8 Å². The highest BCUT2D eigenvalue weighted by Gasteiger charge is 2.35. The third-order valence-corrected chi connectivity index (χ3v) is 13.3. The molecule has 28 N–H and O–H groups in total. The number of carbonyl (C=O) groups excluding carboxylic acids is 9. The van der Waals surface area contributed by atoms with Gasteiger partial charge < -0.3 is 99.5 Å². The number of guanidine groups is 2. The molecule has 0 spiro atoms. The van der Waals surface area contributed by atoms with Gasteiger partial charge in [-0.2, -0.15) is 11.8 Å². The summed E-state index contributed by atoms with van der Waals surface area (Å²) in [6.45, 7) is 1.05. The van der Waals surface area contributed by atoms with Gasteiger partial charge in [0, 0.05) is 36.6 Å². The lowest BCUT2D eigenvalue weighted by molar-refractivity contribution is -0.136. The quantitative estimate of drug-likeness (QED) is 0.0168. The van der Waals surface area contributed by atoms with Gasteiger partial charge in [0.15, 0.2) is 11.9 Å². The number of carbonyl (C=O) groups is 9. The molecule has 29 nitrogen and oxygen atoms in total. The van der Waals surface area contributed by atoms with E-state index in [0.717, 1.165) is 10.9 Å². The largest absolute Gasteiger partial charge is 0.370 e. The summed E-state index contributed by atoms with van der Waals surface area (Å²) >= 11 is 1.37. The molecule has 8 atom stereocenters. The highest BCUT2D eigenvalue weighted by atomic mass is 32.2. The van der Waals surface area contributed by atoms with E-state index in [0.29, 0.717) is 62.9 Å². The van der Waals surface area contributed by atoms with Gasteiger partial charge in [0.2, 0.25) is 53.2 Å². The van der Waals surface area contributed by atoms with Crippen LogP contribution in [0, 0.1) is 0 Å². The van der Waals surface area contributed by atoms with Crippen LogP contribution in [0.25, 0.3) is 10.9 Å². The maximum absolute atomic E-state index is 14.7. The van der Waals surface area contributed by atoms with E-state index in [2.05, 4.69) is 52.2 Å². The molecule has 0 saturated carbocycles. The van der Waals surface area contributed by atoms with Gasteiger partial charge in [0.05, 0.1) is 12.5 Å². The maximum Gasteiger partial charge on any atom is 0.243 e. The lowest BCUT2D eigenvalue weighted by atomic mass is 10.0. The van der Waals surface area contributed by atoms with E-state index in [1.807, 2.05) is 24.3 Å². The topological polar surface area (TPSA) is 539 Å². The van der Waals surface area contributed by atoms with Crippen molar-refractivity contribution in [1.29, 1.82) is 0 Å². The molecule has 1 heterocycles. The van der Waals surface area contributed by atoms with Gasteiger partial charge in [-0.15, -0.1) is 0 Å². The van der Waals surface area contributed by atoms with Gasteiger partial charge in [0.1, 0.15) is 42.3 Å². The summed E-state index contributed by atoms with van der Waals surface area (Å²) in [4.78, 5) is 134. The van der Waals surface area contributed by atoms with Crippen LogP contribution in [0.4, 0.5) is 0 Å². The number of aliphatic imine (C=N–C) groups is 2. The number of thioether (sulfide) groups is 1. The van der Waals surface area contributed by atoms with E-state index < -0.39 is 108 Å². The fourth-order valence-electron chi connectivity index (χ4n) is 8.30. The number of rotatable bonds is 42. The summed E-state index contributed by atoms with van der Waals surface area (Å²) in [6, 6.07) is -2.91. The van der Waals surface area contributed by atoms with E-state index in [4.69, 9.17) is 57.3 Å². The zero-order chi connectivity index (χ0) is 59.6. The number of fused-ring (bicyclic) bond motifs is 1. The first-order valence-corrected chi connectivity index (χ1v) is 28.3. The lowest BCUT2D eigenvalue weighted by Gasteiger charge is -2.28. The van der Waals surface area contributed by atoms with Crippen LogP contribution in [0.2, 0.25) is 0 Å². The molecule has 0 radical (unpaired) electrons. The number of aromatic amines is 1. The number of nitrogens with one attached hydrogen (secondary N) is 8. The molecule has 0 bridgehead atoms. The van der Waals surface area contributed by atoms with Crippen molar-refractivity contribution in [3.05, 3.63) is 36.0 Å². The van der Waals surface area contributed by atoms with E-state index >= 15 is 0 Å². The molecule has 1 aromatic heterocycles. The molecule has 2 aromatic rings.